The Morgan fingerprint density at radius 2 is 2.00 bits per heavy atom. The maximum absolute atomic E-state index is 12.5. The van der Waals surface area contributed by atoms with Crippen LogP contribution < -0.4 is 4.74 Å². The number of carbonyl (C=O) groups is 2. The van der Waals surface area contributed by atoms with Gasteiger partial charge in [0.25, 0.3) is 0 Å². The summed E-state index contributed by atoms with van der Waals surface area (Å²) >= 11 is 0. The van der Waals surface area contributed by atoms with Crippen LogP contribution >= 0.6 is 0 Å². The van der Waals surface area contributed by atoms with Gasteiger partial charge in [-0.1, -0.05) is 6.08 Å². The SMILES string of the molecule is CCOC(=O)/C=C/[C@@H]1C[C@@H](Oc2cncnc2)CN1C(=O)OC(C)(C)C. The average Bonchev–Trinajstić information content (AvgIpc) is 2.95. The number of likely N-dealkylation sites (tertiary alicyclic amines) is 1. The number of ether oxygens (including phenoxy) is 3. The number of hydrogen-bond donors (Lipinski definition) is 0. The quantitative estimate of drug-likeness (QED) is 0.586. The first-order valence-electron chi connectivity index (χ1n) is 8.54. The van der Waals surface area contributed by atoms with Gasteiger partial charge in [-0.2, -0.15) is 0 Å². The van der Waals surface area contributed by atoms with Crippen molar-refractivity contribution in [2.75, 3.05) is 13.2 Å². The van der Waals surface area contributed by atoms with E-state index in [2.05, 4.69) is 9.97 Å². The number of aromatic nitrogens is 2. The molecule has 1 aromatic rings. The van der Waals surface area contributed by atoms with Gasteiger partial charge in [0.1, 0.15) is 18.0 Å². The minimum Gasteiger partial charge on any atom is -0.485 e. The zero-order valence-electron chi connectivity index (χ0n) is 15.5. The summed E-state index contributed by atoms with van der Waals surface area (Å²) in [6, 6.07) is -0.330. The van der Waals surface area contributed by atoms with E-state index in [9.17, 15) is 9.59 Å². The van der Waals surface area contributed by atoms with Crippen molar-refractivity contribution >= 4 is 12.1 Å². The lowest BCUT2D eigenvalue weighted by Gasteiger charge is -2.27. The predicted octanol–water partition coefficient (Wildman–Crippen LogP) is 2.35. The molecule has 2 rings (SSSR count). The van der Waals surface area contributed by atoms with E-state index in [4.69, 9.17) is 14.2 Å². The van der Waals surface area contributed by atoms with Gasteiger partial charge in [0, 0.05) is 12.5 Å². The van der Waals surface area contributed by atoms with Crippen LogP contribution in [0.3, 0.4) is 0 Å². The van der Waals surface area contributed by atoms with Crippen molar-refractivity contribution in [1.29, 1.82) is 0 Å². The summed E-state index contributed by atoms with van der Waals surface area (Å²) in [5.74, 6) is 0.0779. The molecule has 1 aliphatic rings. The number of rotatable bonds is 5. The lowest BCUT2D eigenvalue weighted by atomic mass is 10.2. The van der Waals surface area contributed by atoms with Crippen molar-refractivity contribution in [3.63, 3.8) is 0 Å². The highest BCUT2D eigenvalue weighted by Gasteiger charge is 2.37. The second-order valence-electron chi connectivity index (χ2n) is 6.86. The van der Waals surface area contributed by atoms with Crippen molar-refractivity contribution in [2.24, 2.45) is 0 Å². The fourth-order valence-corrected chi connectivity index (χ4v) is 2.54. The Bertz CT molecular complexity index is 642. The molecule has 0 aliphatic carbocycles. The molecule has 0 N–H and O–H groups in total. The first-order valence-corrected chi connectivity index (χ1v) is 8.54. The van der Waals surface area contributed by atoms with Crippen molar-refractivity contribution in [2.45, 2.75) is 51.9 Å². The fraction of sp³-hybridized carbons (Fsp3) is 0.556. The Morgan fingerprint density at radius 3 is 2.62 bits per heavy atom. The molecule has 0 radical (unpaired) electrons. The standard InChI is InChI=1S/C18H25N3O5/c1-5-24-16(22)7-6-13-8-14(25-15-9-19-12-20-10-15)11-21(13)17(23)26-18(2,3)4/h6-7,9-10,12-14H,5,8,11H2,1-4H3/b7-6+/t13-,14-/m1/s1. The summed E-state index contributed by atoms with van der Waals surface area (Å²) < 4.78 is 16.2. The Balaban J connectivity index is 2.09. The summed E-state index contributed by atoms with van der Waals surface area (Å²) in [6.07, 6.45) is 7.33. The van der Waals surface area contributed by atoms with Gasteiger partial charge in [-0.3, -0.25) is 4.90 Å². The van der Waals surface area contributed by atoms with Gasteiger partial charge >= 0.3 is 12.1 Å². The van der Waals surface area contributed by atoms with Gasteiger partial charge < -0.3 is 14.2 Å². The molecule has 1 aliphatic heterocycles. The Morgan fingerprint density at radius 1 is 1.31 bits per heavy atom. The zero-order valence-corrected chi connectivity index (χ0v) is 15.5. The number of hydrogen-bond acceptors (Lipinski definition) is 7. The van der Waals surface area contributed by atoms with Crippen LogP contribution in [-0.2, 0) is 14.3 Å². The molecule has 0 spiro atoms. The molecule has 1 fully saturated rings. The first-order chi connectivity index (χ1) is 12.3. The van der Waals surface area contributed by atoms with Crippen LogP contribution in [0.25, 0.3) is 0 Å². The second kappa shape index (κ2) is 8.64. The highest BCUT2D eigenvalue weighted by molar-refractivity contribution is 5.82. The predicted molar refractivity (Wildman–Crippen MR) is 93.6 cm³/mol. The van der Waals surface area contributed by atoms with E-state index < -0.39 is 17.7 Å². The van der Waals surface area contributed by atoms with E-state index in [1.165, 1.54) is 12.4 Å². The molecule has 26 heavy (non-hydrogen) atoms. The van der Waals surface area contributed by atoms with Crippen LogP contribution in [0.5, 0.6) is 5.75 Å². The first kappa shape index (κ1) is 19.7. The largest absolute Gasteiger partial charge is 0.485 e. The smallest absolute Gasteiger partial charge is 0.410 e. The van der Waals surface area contributed by atoms with Gasteiger partial charge in [0.05, 0.1) is 31.6 Å². The molecule has 1 aromatic heterocycles. The van der Waals surface area contributed by atoms with Gasteiger partial charge in [-0.05, 0) is 27.7 Å². The Kier molecular flexibility index (Phi) is 6.54. The van der Waals surface area contributed by atoms with Gasteiger partial charge in [-0.25, -0.2) is 19.6 Å². The summed E-state index contributed by atoms with van der Waals surface area (Å²) in [6.45, 7) is 7.78. The van der Waals surface area contributed by atoms with E-state index in [-0.39, 0.29) is 12.1 Å². The van der Waals surface area contributed by atoms with Gasteiger partial charge in [0.15, 0.2) is 5.75 Å². The summed E-state index contributed by atoms with van der Waals surface area (Å²) in [5, 5.41) is 0. The van der Waals surface area contributed by atoms with E-state index in [1.807, 2.05) is 0 Å². The minimum absolute atomic E-state index is 0.259. The van der Waals surface area contributed by atoms with Crippen LogP contribution in [0.4, 0.5) is 4.79 Å². The third kappa shape index (κ3) is 6.02. The molecule has 0 saturated carbocycles. The molecule has 8 nitrogen and oxygen atoms in total. The van der Waals surface area contributed by atoms with E-state index in [0.29, 0.717) is 25.3 Å². The normalized spacial score (nSPS) is 20.2. The number of carbonyl (C=O) groups excluding carboxylic acids is 2. The zero-order chi connectivity index (χ0) is 19.2. The molecular weight excluding hydrogens is 338 g/mol. The molecule has 8 heteroatoms. The molecular formula is C18H25N3O5. The molecule has 2 heterocycles. The number of nitrogens with zero attached hydrogens (tertiary/aromatic N) is 3. The van der Waals surface area contributed by atoms with Crippen LogP contribution in [-0.4, -0.2) is 57.8 Å². The van der Waals surface area contributed by atoms with Crippen molar-refractivity contribution in [3.05, 3.63) is 30.9 Å². The van der Waals surface area contributed by atoms with E-state index in [1.54, 1.807) is 51.1 Å². The third-order valence-electron chi connectivity index (χ3n) is 3.51. The lowest BCUT2D eigenvalue weighted by molar-refractivity contribution is -0.137. The Labute approximate surface area is 153 Å². The molecule has 0 aromatic carbocycles. The van der Waals surface area contributed by atoms with Crippen molar-refractivity contribution in [3.8, 4) is 5.75 Å². The maximum atomic E-state index is 12.5. The highest BCUT2D eigenvalue weighted by atomic mass is 16.6. The monoisotopic (exact) mass is 363 g/mol. The molecule has 0 bridgehead atoms. The average molecular weight is 363 g/mol. The summed E-state index contributed by atoms with van der Waals surface area (Å²) in [5.41, 5.74) is -0.612. The second-order valence-corrected chi connectivity index (χ2v) is 6.86. The van der Waals surface area contributed by atoms with Crippen molar-refractivity contribution < 1.29 is 23.8 Å². The van der Waals surface area contributed by atoms with Crippen molar-refractivity contribution in [1.82, 2.24) is 14.9 Å². The molecule has 1 amide bonds. The third-order valence-corrected chi connectivity index (χ3v) is 3.51. The summed E-state index contributed by atoms with van der Waals surface area (Å²) in [4.78, 5) is 33.5. The number of amides is 1. The molecule has 2 atom stereocenters. The van der Waals surface area contributed by atoms with Crippen LogP contribution in [0.15, 0.2) is 30.9 Å². The van der Waals surface area contributed by atoms with Crippen LogP contribution in [0.2, 0.25) is 0 Å². The molecule has 142 valence electrons. The Hall–Kier alpha value is -2.64. The highest BCUT2D eigenvalue weighted by Crippen LogP contribution is 2.25. The molecule has 1 saturated heterocycles. The lowest BCUT2D eigenvalue weighted by Crippen LogP contribution is -2.39. The van der Waals surface area contributed by atoms with Crippen LogP contribution in [0.1, 0.15) is 34.1 Å². The fourth-order valence-electron chi connectivity index (χ4n) is 2.54. The van der Waals surface area contributed by atoms with Gasteiger partial charge in [0.2, 0.25) is 0 Å². The maximum Gasteiger partial charge on any atom is 0.410 e. The van der Waals surface area contributed by atoms with E-state index >= 15 is 0 Å². The minimum atomic E-state index is -0.612. The molecule has 0 unspecified atom stereocenters. The van der Waals surface area contributed by atoms with Crippen LogP contribution in [0, 0.1) is 0 Å². The van der Waals surface area contributed by atoms with Gasteiger partial charge in [-0.15, -0.1) is 0 Å². The summed E-state index contributed by atoms with van der Waals surface area (Å²) in [7, 11) is 0. The topological polar surface area (TPSA) is 90.9 Å². The number of esters is 1. The van der Waals surface area contributed by atoms with E-state index in [0.717, 1.165) is 0 Å².